The first kappa shape index (κ1) is 19.5. The lowest BCUT2D eigenvalue weighted by Crippen LogP contribution is -2.23. The summed E-state index contributed by atoms with van der Waals surface area (Å²) in [5.41, 5.74) is 2.39. The van der Waals surface area contributed by atoms with E-state index in [1.807, 2.05) is 6.07 Å². The molecule has 1 aromatic carbocycles. The minimum absolute atomic E-state index is 0.319. The molecule has 2 heterocycles. The zero-order valence-corrected chi connectivity index (χ0v) is 17.2. The van der Waals surface area contributed by atoms with Crippen LogP contribution in [-0.4, -0.2) is 26.5 Å². The predicted octanol–water partition coefficient (Wildman–Crippen LogP) is 4.21. The summed E-state index contributed by atoms with van der Waals surface area (Å²) >= 11 is 13.4. The van der Waals surface area contributed by atoms with Crippen LogP contribution < -0.4 is 5.32 Å². The van der Waals surface area contributed by atoms with E-state index in [-0.39, 0.29) is 0 Å². The van der Waals surface area contributed by atoms with E-state index in [4.69, 9.17) is 23.2 Å². The van der Waals surface area contributed by atoms with E-state index >= 15 is 0 Å². The summed E-state index contributed by atoms with van der Waals surface area (Å²) in [7, 11) is 1.73. The summed E-state index contributed by atoms with van der Waals surface area (Å²) in [6.45, 7) is 3.45. The smallest absolute Gasteiger partial charge is 0.295 e. The minimum Gasteiger partial charge on any atom is -0.295 e. The normalized spacial score (nSPS) is 10.9. The van der Waals surface area contributed by atoms with Gasteiger partial charge in [-0.25, -0.2) is 4.98 Å². The molecule has 3 aromatic rings. The number of nitrogens with zero attached hydrogens (tertiary/aromatic N) is 3. The molecule has 2 aromatic heterocycles. The van der Waals surface area contributed by atoms with Crippen molar-refractivity contribution < 1.29 is 9.59 Å². The molecule has 3 rings (SSSR count). The molecule has 0 fully saturated rings. The first-order chi connectivity index (χ1) is 12.8. The molecule has 1 amide bonds. The average Bonchev–Trinajstić information content (AvgIpc) is 3.14. The number of ketones is 1. The second-order valence-corrected chi connectivity index (χ2v) is 7.96. The number of halogens is 2. The number of nitrogens with one attached hydrogen (secondary N) is 1. The van der Waals surface area contributed by atoms with E-state index in [9.17, 15) is 9.59 Å². The summed E-state index contributed by atoms with van der Waals surface area (Å²) in [5.74, 6) is -1.37. The van der Waals surface area contributed by atoms with Crippen LogP contribution in [0.2, 0.25) is 10.0 Å². The molecule has 1 N–H and O–H groups in total. The van der Waals surface area contributed by atoms with Crippen LogP contribution in [0.1, 0.15) is 32.2 Å². The van der Waals surface area contributed by atoms with E-state index in [2.05, 4.69) is 15.4 Å². The molecule has 0 aliphatic carbocycles. The number of Topliss-reactive ketones (excluding diaryl/α,β-unsaturated/α-hetero) is 1. The lowest BCUT2D eigenvalue weighted by molar-refractivity contribution is -0.112. The third-order valence-corrected chi connectivity index (χ3v) is 5.60. The zero-order valence-electron chi connectivity index (χ0n) is 14.8. The molecule has 27 heavy (non-hydrogen) atoms. The molecular weight excluding hydrogens is 407 g/mol. The highest BCUT2D eigenvalue weighted by Crippen LogP contribution is 2.27. The van der Waals surface area contributed by atoms with Crippen LogP contribution in [0.5, 0.6) is 0 Å². The van der Waals surface area contributed by atoms with Crippen molar-refractivity contribution in [1.82, 2.24) is 14.8 Å². The molecule has 0 unspecified atom stereocenters. The van der Waals surface area contributed by atoms with E-state index in [1.165, 1.54) is 11.3 Å². The van der Waals surface area contributed by atoms with E-state index in [0.29, 0.717) is 38.5 Å². The molecule has 0 spiro atoms. The molecule has 0 saturated heterocycles. The number of hydrogen-bond donors (Lipinski definition) is 1. The molecule has 0 bridgehead atoms. The van der Waals surface area contributed by atoms with Crippen molar-refractivity contribution in [3.8, 4) is 0 Å². The Balaban J connectivity index is 1.71. The maximum atomic E-state index is 12.5. The third-order valence-electron chi connectivity index (χ3n) is 4.10. The SMILES string of the molecule is Cc1nn(C)c(C)c1C(=O)C(=O)Nc1ncc(Cc2ccc(Cl)cc2Cl)s1. The molecule has 0 atom stereocenters. The van der Waals surface area contributed by atoms with Gasteiger partial charge in [0.15, 0.2) is 5.13 Å². The van der Waals surface area contributed by atoms with Crippen LogP contribution in [-0.2, 0) is 18.3 Å². The van der Waals surface area contributed by atoms with Crippen LogP contribution in [0.4, 0.5) is 5.13 Å². The summed E-state index contributed by atoms with van der Waals surface area (Å²) < 4.78 is 1.58. The van der Waals surface area contributed by atoms with Gasteiger partial charge < -0.3 is 0 Å². The Bertz CT molecular complexity index is 1040. The van der Waals surface area contributed by atoms with Crippen molar-refractivity contribution in [3.05, 3.63) is 61.8 Å². The van der Waals surface area contributed by atoms with Crippen LogP contribution >= 0.6 is 34.5 Å². The maximum Gasteiger partial charge on any atom is 0.298 e. The number of hydrogen-bond acceptors (Lipinski definition) is 5. The molecule has 0 aliphatic heterocycles. The molecule has 0 radical (unpaired) electrons. The van der Waals surface area contributed by atoms with Gasteiger partial charge in [0, 0.05) is 40.3 Å². The number of amides is 1. The van der Waals surface area contributed by atoms with E-state index in [0.717, 1.165) is 10.4 Å². The Labute approximate surface area is 170 Å². The highest BCUT2D eigenvalue weighted by Gasteiger charge is 2.24. The number of anilines is 1. The maximum absolute atomic E-state index is 12.5. The Morgan fingerprint density at radius 2 is 2.00 bits per heavy atom. The number of rotatable bonds is 5. The van der Waals surface area contributed by atoms with Crippen molar-refractivity contribution >= 4 is 51.4 Å². The van der Waals surface area contributed by atoms with Gasteiger partial charge >= 0.3 is 0 Å². The van der Waals surface area contributed by atoms with Gasteiger partial charge in [-0.05, 0) is 31.5 Å². The lowest BCUT2D eigenvalue weighted by atomic mass is 10.1. The molecule has 0 saturated carbocycles. The lowest BCUT2D eigenvalue weighted by Gasteiger charge is -2.03. The van der Waals surface area contributed by atoms with Gasteiger partial charge in [-0.1, -0.05) is 29.3 Å². The van der Waals surface area contributed by atoms with Crippen molar-refractivity contribution in [2.24, 2.45) is 7.05 Å². The van der Waals surface area contributed by atoms with Gasteiger partial charge in [0.05, 0.1) is 11.3 Å². The number of aromatic nitrogens is 3. The first-order valence-electron chi connectivity index (χ1n) is 8.00. The van der Waals surface area contributed by atoms with E-state index < -0.39 is 11.7 Å². The number of aryl methyl sites for hydroxylation is 2. The van der Waals surface area contributed by atoms with Crippen molar-refractivity contribution in [2.45, 2.75) is 20.3 Å². The third kappa shape index (κ3) is 4.21. The fourth-order valence-corrected chi connectivity index (χ4v) is 3.98. The van der Waals surface area contributed by atoms with Gasteiger partial charge in [0.25, 0.3) is 11.7 Å². The number of carbonyl (C=O) groups excluding carboxylic acids is 2. The summed E-state index contributed by atoms with van der Waals surface area (Å²) in [5, 5.41) is 8.22. The topological polar surface area (TPSA) is 76.9 Å². The van der Waals surface area contributed by atoms with Gasteiger partial charge in [0.1, 0.15) is 0 Å². The fraction of sp³-hybridized carbons (Fsp3) is 0.222. The molecule has 9 heteroatoms. The van der Waals surface area contributed by atoms with Gasteiger partial charge in [-0.3, -0.25) is 19.6 Å². The average molecular weight is 423 g/mol. The Morgan fingerprint density at radius 1 is 1.26 bits per heavy atom. The van der Waals surface area contributed by atoms with Crippen molar-refractivity contribution in [2.75, 3.05) is 5.32 Å². The van der Waals surface area contributed by atoms with Gasteiger partial charge in [-0.15, -0.1) is 11.3 Å². The van der Waals surface area contributed by atoms with Crippen molar-refractivity contribution in [3.63, 3.8) is 0 Å². The Morgan fingerprint density at radius 3 is 2.63 bits per heavy atom. The standard InChI is InChI=1S/C18H16Cl2N4O2S/c1-9-15(10(2)24(3)23-9)16(25)17(26)22-18-21-8-13(27-18)6-11-4-5-12(19)7-14(11)20/h4-5,7-8H,6H2,1-3H3,(H,21,22,26). The van der Waals surface area contributed by atoms with Crippen LogP contribution in [0.25, 0.3) is 0 Å². The summed E-state index contributed by atoms with van der Waals surface area (Å²) in [6, 6.07) is 5.29. The fourth-order valence-electron chi connectivity index (χ4n) is 2.67. The molecule has 6 nitrogen and oxygen atoms in total. The summed E-state index contributed by atoms with van der Waals surface area (Å²) in [6.07, 6.45) is 2.20. The van der Waals surface area contributed by atoms with Crippen LogP contribution in [0.15, 0.2) is 24.4 Å². The highest BCUT2D eigenvalue weighted by atomic mass is 35.5. The summed E-state index contributed by atoms with van der Waals surface area (Å²) in [4.78, 5) is 29.8. The number of carbonyl (C=O) groups is 2. The number of thiazole rings is 1. The second-order valence-electron chi connectivity index (χ2n) is 6.00. The quantitative estimate of drug-likeness (QED) is 0.493. The highest BCUT2D eigenvalue weighted by molar-refractivity contribution is 7.15. The molecule has 0 aliphatic rings. The largest absolute Gasteiger partial charge is 0.298 e. The molecule has 140 valence electrons. The molecular formula is C18H16Cl2N4O2S. The van der Waals surface area contributed by atoms with Crippen LogP contribution in [0, 0.1) is 13.8 Å². The first-order valence-corrected chi connectivity index (χ1v) is 9.58. The van der Waals surface area contributed by atoms with E-state index in [1.54, 1.807) is 43.9 Å². The predicted molar refractivity (Wildman–Crippen MR) is 107 cm³/mol. The Hall–Kier alpha value is -2.22. The van der Waals surface area contributed by atoms with Gasteiger partial charge in [0.2, 0.25) is 0 Å². The second kappa shape index (κ2) is 7.80. The van der Waals surface area contributed by atoms with Gasteiger partial charge in [-0.2, -0.15) is 5.10 Å². The monoisotopic (exact) mass is 422 g/mol. The minimum atomic E-state index is -0.736. The van der Waals surface area contributed by atoms with Crippen molar-refractivity contribution in [1.29, 1.82) is 0 Å². The number of benzene rings is 1. The zero-order chi connectivity index (χ0) is 19.7. The Kier molecular flexibility index (Phi) is 5.64. The van der Waals surface area contributed by atoms with Crippen LogP contribution in [0.3, 0.4) is 0 Å².